The fourth-order valence-corrected chi connectivity index (χ4v) is 3.84. The van der Waals surface area contributed by atoms with Gasteiger partial charge in [-0.25, -0.2) is 4.98 Å². The normalized spacial score (nSPS) is 10.6. The van der Waals surface area contributed by atoms with Gasteiger partial charge < -0.3 is 0 Å². The highest BCUT2D eigenvalue weighted by Gasteiger charge is 2.10. The number of benzene rings is 3. The molecule has 0 unspecified atom stereocenters. The summed E-state index contributed by atoms with van der Waals surface area (Å²) in [6.07, 6.45) is 0.853. The zero-order chi connectivity index (χ0) is 19.3. The van der Waals surface area contributed by atoms with Crippen molar-refractivity contribution in [3.63, 3.8) is 0 Å². The Hall–Kier alpha value is -2.76. The van der Waals surface area contributed by atoms with Crippen molar-refractivity contribution < 1.29 is 4.79 Å². The third-order valence-corrected chi connectivity index (χ3v) is 5.62. The molecule has 0 spiro atoms. The lowest BCUT2D eigenvalue weighted by Gasteiger charge is -2.05. The van der Waals surface area contributed by atoms with Crippen molar-refractivity contribution >= 4 is 38.3 Å². The van der Waals surface area contributed by atoms with Gasteiger partial charge in [0.15, 0.2) is 5.13 Å². The maximum atomic E-state index is 12.5. The number of nitrogens with zero attached hydrogens (tertiary/aromatic N) is 1. The van der Waals surface area contributed by atoms with E-state index in [0.717, 1.165) is 22.2 Å². The quantitative estimate of drug-likeness (QED) is 0.382. The zero-order valence-electron chi connectivity index (χ0n) is 14.9. The second kappa shape index (κ2) is 8.50. The first kappa shape index (κ1) is 18.6. The largest absolute Gasteiger partial charge is 0.298 e. The molecule has 3 aromatic carbocycles. The fraction of sp³-hybridized carbons (Fsp3) is 0.0435. The number of hydrogen-bond donors (Lipinski definition) is 1. The molecule has 0 saturated carbocycles. The maximum Gasteiger partial charge on any atom is 0.257 e. The summed E-state index contributed by atoms with van der Waals surface area (Å²) in [6.45, 7) is 0. The molecule has 4 rings (SSSR count). The third kappa shape index (κ3) is 4.55. The number of nitrogens with one attached hydrogen (secondary N) is 1. The number of rotatable bonds is 5. The number of halogens is 1. The number of thiazole rings is 1. The molecule has 1 aromatic heterocycles. The molecule has 138 valence electrons. The van der Waals surface area contributed by atoms with Crippen molar-refractivity contribution in [1.82, 2.24) is 4.98 Å². The summed E-state index contributed by atoms with van der Waals surface area (Å²) in [5.41, 5.74) is 4.92. The van der Waals surface area contributed by atoms with Gasteiger partial charge in [-0.2, -0.15) is 0 Å². The van der Waals surface area contributed by atoms with E-state index < -0.39 is 0 Å². The summed E-state index contributed by atoms with van der Waals surface area (Å²) in [6, 6.07) is 25.9. The van der Waals surface area contributed by atoms with Crippen LogP contribution in [0.4, 0.5) is 5.13 Å². The fourth-order valence-electron chi connectivity index (χ4n) is 2.86. The molecule has 5 heteroatoms. The van der Waals surface area contributed by atoms with Crippen molar-refractivity contribution in [3.8, 4) is 11.3 Å². The highest BCUT2D eigenvalue weighted by Crippen LogP contribution is 2.26. The van der Waals surface area contributed by atoms with Crippen LogP contribution in [0.15, 0.2) is 88.7 Å². The summed E-state index contributed by atoms with van der Waals surface area (Å²) in [7, 11) is 0. The predicted molar refractivity (Wildman–Crippen MR) is 119 cm³/mol. The van der Waals surface area contributed by atoms with E-state index in [0.29, 0.717) is 10.7 Å². The summed E-state index contributed by atoms with van der Waals surface area (Å²) in [4.78, 5) is 17.0. The molecule has 0 fully saturated rings. The summed E-state index contributed by atoms with van der Waals surface area (Å²) >= 11 is 4.85. The Bertz CT molecular complexity index is 1070. The minimum absolute atomic E-state index is 0.150. The molecule has 0 bridgehead atoms. The number of carbonyl (C=O) groups is 1. The average Bonchev–Trinajstić information content (AvgIpc) is 3.18. The minimum atomic E-state index is -0.150. The summed E-state index contributed by atoms with van der Waals surface area (Å²) < 4.78 is 1.02. The van der Waals surface area contributed by atoms with Gasteiger partial charge in [0.25, 0.3) is 5.91 Å². The lowest BCUT2D eigenvalue weighted by atomic mass is 10.0. The van der Waals surface area contributed by atoms with Gasteiger partial charge >= 0.3 is 0 Å². The van der Waals surface area contributed by atoms with Crippen LogP contribution < -0.4 is 5.32 Å². The van der Waals surface area contributed by atoms with Gasteiger partial charge in [-0.1, -0.05) is 70.5 Å². The van der Waals surface area contributed by atoms with Crippen molar-refractivity contribution in [2.24, 2.45) is 0 Å². The Morgan fingerprint density at radius 3 is 2.29 bits per heavy atom. The summed E-state index contributed by atoms with van der Waals surface area (Å²) in [5, 5.41) is 5.43. The van der Waals surface area contributed by atoms with Crippen LogP contribution >= 0.6 is 27.3 Å². The van der Waals surface area contributed by atoms with E-state index in [1.807, 2.05) is 72.1 Å². The number of aromatic nitrogens is 1. The molecular formula is C23H17BrN2OS. The number of hydrogen-bond acceptors (Lipinski definition) is 3. The van der Waals surface area contributed by atoms with Crippen molar-refractivity contribution in [3.05, 3.63) is 105 Å². The van der Waals surface area contributed by atoms with E-state index in [4.69, 9.17) is 0 Å². The molecule has 0 aliphatic rings. The molecule has 0 radical (unpaired) electrons. The molecular weight excluding hydrogens is 432 g/mol. The molecule has 0 aliphatic heterocycles. The van der Waals surface area contributed by atoms with E-state index in [2.05, 4.69) is 38.4 Å². The third-order valence-electron chi connectivity index (χ3n) is 4.33. The van der Waals surface area contributed by atoms with Crippen LogP contribution in [0.3, 0.4) is 0 Å². The molecule has 4 aromatic rings. The van der Waals surface area contributed by atoms with E-state index in [1.165, 1.54) is 22.5 Å². The van der Waals surface area contributed by atoms with E-state index in [9.17, 15) is 4.79 Å². The van der Waals surface area contributed by atoms with Gasteiger partial charge in [-0.15, -0.1) is 11.3 Å². The van der Waals surface area contributed by atoms with Crippen LogP contribution in [0.25, 0.3) is 11.3 Å². The lowest BCUT2D eigenvalue weighted by molar-refractivity contribution is 0.102. The van der Waals surface area contributed by atoms with Crippen LogP contribution in [0.5, 0.6) is 0 Å². The van der Waals surface area contributed by atoms with Crippen LogP contribution in [0.2, 0.25) is 0 Å². The number of anilines is 1. The molecule has 28 heavy (non-hydrogen) atoms. The van der Waals surface area contributed by atoms with Gasteiger partial charge in [0, 0.05) is 21.0 Å². The second-order valence-electron chi connectivity index (χ2n) is 6.36. The predicted octanol–water partition coefficient (Wildman–Crippen LogP) is 6.42. The molecule has 0 aliphatic carbocycles. The Morgan fingerprint density at radius 1 is 0.893 bits per heavy atom. The topological polar surface area (TPSA) is 42.0 Å². The highest BCUT2D eigenvalue weighted by molar-refractivity contribution is 9.10. The van der Waals surface area contributed by atoms with Gasteiger partial charge in [-0.05, 0) is 41.8 Å². The first-order valence-corrected chi connectivity index (χ1v) is 10.5. The van der Waals surface area contributed by atoms with E-state index in [1.54, 1.807) is 0 Å². The van der Waals surface area contributed by atoms with E-state index in [-0.39, 0.29) is 5.91 Å². The Kier molecular flexibility index (Phi) is 5.65. The van der Waals surface area contributed by atoms with Crippen molar-refractivity contribution in [2.75, 3.05) is 5.32 Å². The number of amides is 1. The smallest absolute Gasteiger partial charge is 0.257 e. The highest BCUT2D eigenvalue weighted by atomic mass is 79.9. The van der Waals surface area contributed by atoms with Crippen LogP contribution in [0.1, 0.15) is 21.5 Å². The first-order valence-electron chi connectivity index (χ1n) is 8.83. The lowest BCUT2D eigenvalue weighted by Crippen LogP contribution is -2.11. The molecule has 0 saturated heterocycles. The first-order chi connectivity index (χ1) is 13.7. The van der Waals surface area contributed by atoms with E-state index >= 15 is 0 Å². The van der Waals surface area contributed by atoms with Gasteiger partial charge in [0.2, 0.25) is 0 Å². The van der Waals surface area contributed by atoms with Crippen molar-refractivity contribution in [1.29, 1.82) is 0 Å². The van der Waals surface area contributed by atoms with Gasteiger partial charge in [0.1, 0.15) is 0 Å². The maximum absolute atomic E-state index is 12.5. The van der Waals surface area contributed by atoms with Gasteiger partial charge in [0.05, 0.1) is 5.69 Å². The molecule has 1 heterocycles. The zero-order valence-corrected chi connectivity index (χ0v) is 17.3. The Morgan fingerprint density at radius 2 is 1.57 bits per heavy atom. The molecule has 1 amide bonds. The van der Waals surface area contributed by atoms with Crippen molar-refractivity contribution in [2.45, 2.75) is 6.42 Å². The average molecular weight is 449 g/mol. The molecule has 3 nitrogen and oxygen atoms in total. The Labute approximate surface area is 176 Å². The second-order valence-corrected chi connectivity index (χ2v) is 8.13. The van der Waals surface area contributed by atoms with Crippen LogP contribution in [0, 0.1) is 0 Å². The standard InChI is InChI=1S/C23H17BrN2OS/c24-20-12-10-18(11-13-20)21-15-28-23(25-21)26-22(27)19-8-6-17(7-9-19)14-16-4-2-1-3-5-16/h1-13,15H,14H2,(H,25,26,27). The van der Waals surface area contributed by atoms with Crippen LogP contribution in [-0.4, -0.2) is 10.9 Å². The molecule has 0 atom stereocenters. The summed E-state index contributed by atoms with van der Waals surface area (Å²) in [5.74, 6) is -0.150. The monoisotopic (exact) mass is 448 g/mol. The Balaban J connectivity index is 1.42. The number of carbonyl (C=O) groups excluding carboxylic acids is 1. The molecule has 1 N–H and O–H groups in total. The van der Waals surface area contributed by atoms with Crippen LogP contribution in [-0.2, 0) is 6.42 Å². The minimum Gasteiger partial charge on any atom is -0.298 e. The SMILES string of the molecule is O=C(Nc1nc(-c2ccc(Br)cc2)cs1)c1ccc(Cc2ccccc2)cc1. The van der Waals surface area contributed by atoms with Gasteiger partial charge in [-0.3, -0.25) is 10.1 Å².